The maximum Gasteiger partial charge on any atom is 0.311 e. The van der Waals surface area contributed by atoms with Crippen molar-refractivity contribution in [2.24, 2.45) is 0 Å². The van der Waals surface area contributed by atoms with Gasteiger partial charge in [-0.3, -0.25) is 4.79 Å². The van der Waals surface area contributed by atoms with E-state index in [0.717, 1.165) is 0 Å². The molecule has 12 heavy (non-hydrogen) atoms. The van der Waals surface area contributed by atoms with Crippen molar-refractivity contribution in [3.8, 4) is 0 Å². The normalized spacial score (nSPS) is 35.2. The highest BCUT2D eigenvalue weighted by Gasteiger charge is 2.46. The average Bonchev–Trinajstić information content (AvgIpc) is 2.29. The molecule has 1 rings (SSSR count). The van der Waals surface area contributed by atoms with Crippen LogP contribution in [0.15, 0.2) is 0 Å². The third-order valence-electron chi connectivity index (χ3n) is 2.03. The number of ether oxygens (including phenoxy) is 3. The summed E-state index contributed by atoms with van der Waals surface area (Å²) in [6.45, 7) is 4.14. The van der Waals surface area contributed by atoms with Crippen LogP contribution in [0, 0.1) is 0 Å². The number of carbonyl (C=O) groups is 1. The van der Waals surface area contributed by atoms with E-state index in [4.69, 9.17) is 14.2 Å². The van der Waals surface area contributed by atoms with E-state index in [2.05, 4.69) is 0 Å². The first kappa shape index (κ1) is 9.48. The fourth-order valence-electron chi connectivity index (χ4n) is 1.25. The average molecular weight is 174 g/mol. The van der Waals surface area contributed by atoms with Gasteiger partial charge in [0, 0.05) is 20.6 Å². The van der Waals surface area contributed by atoms with Crippen LogP contribution in [0.3, 0.4) is 0 Å². The molecule has 0 unspecified atom stereocenters. The zero-order valence-corrected chi connectivity index (χ0v) is 7.62. The molecular weight excluding hydrogens is 160 g/mol. The van der Waals surface area contributed by atoms with Gasteiger partial charge in [-0.05, 0) is 6.92 Å². The Morgan fingerprint density at radius 2 is 2.42 bits per heavy atom. The Bertz CT molecular complexity index is 180. The van der Waals surface area contributed by atoms with Crippen LogP contribution < -0.4 is 0 Å². The summed E-state index contributed by atoms with van der Waals surface area (Å²) >= 11 is 0. The molecule has 0 aliphatic carbocycles. The van der Waals surface area contributed by atoms with Crippen molar-refractivity contribution in [1.82, 2.24) is 0 Å². The van der Waals surface area contributed by atoms with E-state index < -0.39 is 5.79 Å². The highest BCUT2D eigenvalue weighted by atomic mass is 16.7. The lowest BCUT2D eigenvalue weighted by Gasteiger charge is -2.26. The van der Waals surface area contributed by atoms with E-state index in [1.165, 1.54) is 7.11 Å². The molecule has 70 valence electrons. The minimum atomic E-state index is -0.896. The van der Waals surface area contributed by atoms with Crippen molar-refractivity contribution >= 4 is 5.97 Å². The van der Waals surface area contributed by atoms with Crippen LogP contribution in [0.4, 0.5) is 0 Å². The number of carbonyl (C=O) groups excluding carboxylic acids is 1. The molecule has 0 aromatic rings. The zero-order chi connectivity index (χ0) is 9.19. The summed E-state index contributed by atoms with van der Waals surface area (Å²) in [5.74, 6) is -1.16. The van der Waals surface area contributed by atoms with Gasteiger partial charge in [0.15, 0.2) is 0 Å². The van der Waals surface area contributed by atoms with Crippen molar-refractivity contribution < 1.29 is 19.0 Å². The van der Waals surface area contributed by atoms with Crippen molar-refractivity contribution in [2.75, 3.05) is 13.7 Å². The maximum atomic E-state index is 10.9. The molecule has 1 fully saturated rings. The number of cyclic esters (lactones) is 1. The van der Waals surface area contributed by atoms with Gasteiger partial charge in [-0.15, -0.1) is 0 Å². The molecule has 1 aliphatic rings. The smallest absolute Gasteiger partial charge is 0.311 e. The molecule has 0 spiro atoms. The van der Waals surface area contributed by atoms with Gasteiger partial charge in [-0.2, -0.15) is 0 Å². The second kappa shape index (κ2) is 3.41. The number of methoxy groups -OCH3 is 1. The Morgan fingerprint density at radius 1 is 1.75 bits per heavy atom. The van der Waals surface area contributed by atoms with Gasteiger partial charge in [-0.25, -0.2) is 0 Å². The van der Waals surface area contributed by atoms with Crippen LogP contribution in [0.5, 0.6) is 0 Å². The lowest BCUT2D eigenvalue weighted by molar-refractivity contribution is -0.226. The molecule has 0 aromatic carbocycles. The molecular formula is C8H14O4. The first-order chi connectivity index (χ1) is 5.62. The van der Waals surface area contributed by atoms with Crippen LogP contribution in [0.2, 0.25) is 0 Å². The Balaban J connectivity index is 2.65. The van der Waals surface area contributed by atoms with Crippen LogP contribution in [0.1, 0.15) is 20.3 Å². The largest absolute Gasteiger partial charge is 0.430 e. The Labute approximate surface area is 71.8 Å². The van der Waals surface area contributed by atoms with E-state index in [-0.39, 0.29) is 18.5 Å². The first-order valence-corrected chi connectivity index (χ1v) is 4.01. The van der Waals surface area contributed by atoms with Crippen LogP contribution in [-0.4, -0.2) is 31.6 Å². The molecule has 2 atom stereocenters. The van der Waals surface area contributed by atoms with Gasteiger partial charge < -0.3 is 14.2 Å². The molecule has 0 bridgehead atoms. The number of hydrogen-bond donors (Lipinski definition) is 0. The molecule has 0 amide bonds. The van der Waals surface area contributed by atoms with Crippen molar-refractivity contribution in [1.29, 1.82) is 0 Å². The number of rotatable bonds is 3. The Hall–Kier alpha value is -0.610. The van der Waals surface area contributed by atoms with Gasteiger partial charge in [0.1, 0.15) is 6.10 Å². The lowest BCUT2D eigenvalue weighted by Crippen LogP contribution is -2.39. The van der Waals surface area contributed by atoms with E-state index >= 15 is 0 Å². The summed E-state index contributed by atoms with van der Waals surface area (Å²) < 4.78 is 15.4. The SMILES string of the molecule is CCO[C@H]1CC(=O)O[C@]1(C)OC. The van der Waals surface area contributed by atoms with Gasteiger partial charge in [0.25, 0.3) is 0 Å². The quantitative estimate of drug-likeness (QED) is 0.591. The van der Waals surface area contributed by atoms with Crippen LogP contribution in [0.25, 0.3) is 0 Å². The molecule has 0 aromatic heterocycles. The summed E-state index contributed by atoms with van der Waals surface area (Å²) in [6, 6.07) is 0. The van der Waals surface area contributed by atoms with Gasteiger partial charge in [0.2, 0.25) is 5.79 Å². The van der Waals surface area contributed by atoms with E-state index in [0.29, 0.717) is 6.61 Å². The summed E-state index contributed by atoms with van der Waals surface area (Å²) in [5.41, 5.74) is 0. The molecule has 4 nitrogen and oxygen atoms in total. The summed E-state index contributed by atoms with van der Waals surface area (Å²) in [5, 5.41) is 0. The molecule has 0 saturated carbocycles. The van der Waals surface area contributed by atoms with E-state index in [9.17, 15) is 4.79 Å². The third-order valence-corrected chi connectivity index (χ3v) is 2.03. The predicted molar refractivity (Wildman–Crippen MR) is 41.5 cm³/mol. The van der Waals surface area contributed by atoms with Gasteiger partial charge in [0.05, 0.1) is 6.42 Å². The topological polar surface area (TPSA) is 44.8 Å². The first-order valence-electron chi connectivity index (χ1n) is 4.01. The molecule has 1 aliphatic heterocycles. The monoisotopic (exact) mass is 174 g/mol. The number of hydrogen-bond acceptors (Lipinski definition) is 4. The highest BCUT2D eigenvalue weighted by Crippen LogP contribution is 2.29. The highest BCUT2D eigenvalue weighted by molar-refractivity contribution is 5.73. The molecule has 0 radical (unpaired) electrons. The summed E-state index contributed by atoms with van der Waals surface area (Å²) in [7, 11) is 1.50. The number of esters is 1. The van der Waals surface area contributed by atoms with Crippen LogP contribution >= 0.6 is 0 Å². The van der Waals surface area contributed by atoms with Crippen molar-refractivity contribution in [3.63, 3.8) is 0 Å². The summed E-state index contributed by atoms with van der Waals surface area (Å²) in [6.07, 6.45) is -0.00181. The Morgan fingerprint density at radius 3 is 2.92 bits per heavy atom. The lowest BCUT2D eigenvalue weighted by atomic mass is 10.1. The zero-order valence-electron chi connectivity index (χ0n) is 7.62. The minimum Gasteiger partial charge on any atom is -0.430 e. The Kier molecular flexibility index (Phi) is 2.69. The summed E-state index contributed by atoms with van der Waals surface area (Å²) in [4.78, 5) is 10.9. The second-order valence-electron chi connectivity index (χ2n) is 2.84. The third kappa shape index (κ3) is 1.59. The van der Waals surface area contributed by atoms with Crippen LogP contribution in [-0.2, 0) is 19.0 Å². The van der Waals surface area contributed by atoms with Gasteiger partial charge in [-0.1, -0.05) is 0 Å². The minimum absolute atomic E-state index is 0.266. The van der Waals surface area contributed by atoms with Crippen molar-refractivity contribution in [2.45, 2.75) is 32.2 Å². The molecule has 1 saturated heterocycles. The van der Waals surface area contributed by atoms with E-state index in [1.54, 1.807) is 6.92 Å². The predicted octanol–water partition coefficient (Wildman–Crippen LogP) is 0.701. The van der Waals surface area contributed by atoms with Crippen molar-refractivity contribution in [3.05, 3.63) is 0 Å². The molecule has 1 heterocycles. The fraction of sp³-hybridized carbons (Fsp3) is 0.875. The molecule has 0 N–H and O–H groups in total. The second-order valence-corrected chi connectivity index (χ2v) is 2.84. The standard InChI is InChI=1S/C8H14O4/c1-4-11-6-5-7(9)12-8(6,2)10-3/h6H,4-5H2,1-3H3/t6-,8-/m0/s1. The molecule has 4 heteroatoms. The van der Waals surface area contributed by atoms with E-state index in [1.807, 2.05) is 6.92 Å². The fourth-order valence-corrected chi connectivity index (χ4v) is 1.25. The van der Waals surface area contributed by atoms with Gasteiger partial charge >= 0.3 is 5.97 Å². The maximum absolute atomic E-state index is 10.9.